The van der Waals surface area contributed by atoms with Crippen molar-refractivity contribution in [2.24, 2.45) is 4.99 Å². The van der Waals surface area contributed by atoms with Crippen LogP contribution < -0.4 is 16.4 Å². The van der Waals surface area contributed by atoms with Crippen molar-refractivity contribution in [3.05, 3.63) is 57.7 Å². The average Bonchev–Trinajstić information content (AvgIpc) is 3.38. The fraction of sp³-hybridized carbons (Fsp3) is 0.364. The third kappa shape index (κ3) is 5.61. The number of thiazole rings is 1. The van der Waals surface area contributed by atoms with Crippen LogP contribution in [-0.4, -0.2) is 34.3 Å². The summed E-state index contributed by atoms with van der Waals surface area (Å²) in [6.45, 7) is 5.60. The predicted octanol–water partition coefficient (Wildman–Crippen LogP) is 3.20. The van der Waals surface area contributed by atoms with Gasteiger partial charge in [0.15, 0.2) is 5.96 Å². The van der Waals surface area contributed by atoms with Crippen molar-refractivity contribution in [2.75, 3.05) is 19.3 Å². The second-order valence-electron chi connectivity index (χ2n) is 7.34. The summed E-state index contributed by atoms with van der Waals surface area (Å²) in [5.74, 6) is 1.52. The highest BCUT2D eigenvalue weighted by Crippen LogP contribution is 2.21. The first-order chi connectivity index (χ1) is 15.0. The van der Waals surface area contributed by atoms with E-state index in [1.165, 1.54) is 0 Å². The van der Waals surface area contributed by atoms with Gasteiger partial charge in [-0.2, -0.15) is 10.4 Å². The Hall–Kier alpha value is -3.38. The second-order valence-corrected chi connectivity index (χ2v) is 8.29. The number of nitriles is 1. The highest BCUT2D eigenvalue weighted by Gasteiger charge is 2.16. The molecule has 0 aliphatic heterocycles. The Bertz CT molecular complexity index is 1060. The molecule has 2 heterocycles. The molecule has 0 saturated carbocycles. The molecule has 162 valence electrons. The molecule has 3 aromatic rings. The Kier molecular flexibility index (Phi) is 7.62. The monoisotopic (exact) mass is 436 g/mol. The van der Waals surface area contributed by atoms with Crippen molar-refractivity contribution < 1.29 is 0 Å². The number of nitrogen functional groups attached to an aromatic ring is 1. The molecule has 8 nitrogen and oxygen atoms in total. The van der Waals surface area contributed by atoms with E-state index >= 15 is 0 Å². The molecule has 0 aliphatic rings. The molecule has 9 heteroatoms. The lowest BCUT2D eigenvalue weighted by Crippen LogP contribution is -2.37. The zero-order valence-corrected chi connectivity index (χ0v) is 18.9. The van der Waals surface area contributed by atoms with Gasteiger partial charge in [0.05, 0.1) is 23.6 Å². The third-order valence-corrected chi connectivity index (χ3v) is 5.65. The van der Waals surface area contributed by atoms with Crippen LogP contribution in [0.15, 0.2) is 40.7 Å². The zero-order valence-electron chi connectivity index (χ0n) is 18.1. The molecular weight excluding hydrogens is 408 g/mol. The first-order valence-corrected chi connectivity index (χ1v) is 11.1. The molecule has 0 bridgehead atoms. The maximum absolute atomic E-state index is 9.52. The number of para-hydroxylation sites is 1. The number of hydrogen-bond acceptors (Lipinski definition) is 6. The molecule has 0 aliphatic carbocycles. The van der Waals surface area contributed by atoms with Crippen LogP contribution in [0, 0.1) is 11.3 Å². The zero-order chi connectivity index (χ0) is 22.2. The normalized spacial score (nSPS) is 11.5. The summed E-state index contributed by atoms with van der Waals surface area (Å²) in [4.78, 5) is 8.89. The molecule has 0 radical (unpaired) electrons. The molecule has 31 heavy (non-hydrogen) atoms. The van der Waals surface area contributed by atoms with Crippen LogP contribution in [0.1, 0.15) is 48.1 Å². The summed E-state index contributed by atoms with van der Waals surface area (Å²) in [5.41, 5.74) is 9.27. The topological polar surface area (TPSA) is 117 Å². The van der Waals surface area contributed by atoms with Crippen molar-refractivity contribution >= 4 is 23.1 Å². The average molecular weight is 437 g/mol. The number of aryl methyl sites for hydroxylation is 1. The van der Waals surface area contributed by atoms with Crippen LogP contribution >= 0.6 is 11.3 Å². The van der Waals surface area contributed by atoms with E-state index in [2.05, 4.69) is 51.0 Å². The molecular formula is C22H28N8S. The van der Waals surface area contributed by atoms with Gasteiger partial charge in [0.1, 0.15) is 22.5 Å². The Balaban J connectivity index is 1.52. The van der Waals surface area contributed by atoms with Gasteiger partial charge in [0, 0.05) is 19.0 Å². The summed E-state index contributed by atoms with van der Waals surface area (Å²) in [7, 11) is 1.74. The van der Waals surface area contributed by atoms with E-state index in [9.17, 15) is 5.26 Å². The lowest BCUT2D eigenvalue weighted by Gasteiger charge is -2.10. The van der Waals surface area contributed by atoms with Gasteiger partial charge in [-0.15, -0.1) is 11.3 Å². The quantitative estimate of drug-likeness (QED) is 0.284. The van der Waals surface area contributed by atoms with E-state index in [4.69, 9.17) is 5.73 Å². The molecule has 0 atom stereocenters. The van der Waals surface area contributed by atoms with E-state index in [-0.39, 0.29) is 0 Å². The van der Waals surface area contributed by atoms with Crippen molar-refractivity contribution in [2.45, 2.75) is 39.2 Å². The van der Waals surface area contributed by atoms with E-state index in [1.807, 2.05) is 30.3 Å². The molecule has 0 fully saturated rings. The van der Waals surface area contributed by atoms with Gasteiger partial charge in [0.2, 0.25) is 0 Å². The van der Waals surface area contributed by atoms with Crippen LogP contribution in [0.3, 0.4) is 0 Å². The number of aromatic nitrogens is 3. The van der Waals surface area contributed by atoms with E-state index in [1.54, 1.807) is 23.1 Å². The van der Waals surface area contributed by atoms with Crippen LogP contribution in [0.2, 0.25) is 0 Å². The molecule has 4 N–H and O–H groups in total. The SMILES string of the molecule is CN=C(NCCCc1nn(-c2ccccc2)c(N)c1C#N)NCc1nc(C(C)C)cs1. The number of guanidine groups is 1. The van der Waals surface area contributed by atoms with Gasteiger partial charge >= 0.3 is 0 Å². The molecule has 0 spiro atoms. The molecule has 0 saturated heterocycles. The van der Waals surface area contributed by atoms with Crippen LogP contribution in [0.5, 0.6) is 0 Å². The van der Waals surface area contributed by atoms with Gasteiger partial charge in [-0.05, 0) is 30.9 Å². The largest absolute Gasteiger partial charge is 0.382 e. The third-order valence-electron chi connectivity index (χ3n) is 4.78. The highest BCUT2D eigenvalue weighted by atomic mass is 32.1. The molecule has 3 rings (SSSR count). The molecule has 0 amide bonds. The Morgan fingerprint density at radius 2 is 2.06 bits per heavy atom. The van der Waals surface area contributed by atoms with Gasteiger partial charge in [-0.1, -0.05) is 32.0 Å². The minimum Gasteiger partial charge on any atom is -0.382 e. The number of anilines is 1. The summed E-state index contributed by atoms with van der Waals surface area (Å²) >= 11 is 1.65. The fourth-order valence-corrected chi connectivity index (χ4v) is 3.95. The smallest absolute Gasteiger partial charge is 0.191 e. The molecule has 1 aromatic carbocycles. The number of benzene rings is 1. The van der Waals surface area contributed by atoms with Gasteiger partial charge < -0.3 is 16.4 Å². The summed E-state index contributed by atoms with van der Waals surface area (Å²) in [6.07, 6.45) is 1.43. The lowest BCUT2D eigenvalue weighted by atomic mass is 10.1. The standard InChI is InChI=1S/C22H28N8S/c1-15(2)19-14-31-20(28-19)13-27-22(25-3)26-11-7-10-18-17(12-23)21(24)30(29-18)16-8-5-4-6-9-16/h4-6,8-9,14-15H,7,10-11,13,24H2,1-3H3,(H2,25,26,27). The van der Waals surface area contributed by atoms with E-state index in [0.29, 0.717) is 42.5 Å². The molecule has 2 aromatic heterocycles. The van der Waals surface area contributed by atoms with Crippen LogP contribution in [-0.2, 0) is 13.0 Å². The fourth-order valence-electron chi connectivity index (χ4n) is 3.06. The number of nitrogens with two attached hydrogens (primary N) is 1. The Morgan fingerprint density at radius 1 is 1.29 bits per heavy atom. The number of hydrogen-bond donors (Lipinski definition) is 3. The van der Waals surface area contributed by atoms with Gasteiger partial charge in [-0.3, -0.25) is 4.99 Å². The number of aliphatic imine (C=N–C) groups is 1. The minimum atomic E-state index is 0.373. The van der Waals surface area contributed by atoms with Crippen molar-refractivity contribution in [3.63, 3.8) is 0 Å². The van der Waals surface area contributed by atoms with E-state index in [0.717, 1.165) is 28.8 Å². The number of nitrogens with zero attached hydrogens (tertiary/aromatic N) is 5. The number of nitrogens with one attached hydrogen (secondary N) is 2. The highest BCUT2D eigenvalue weighted by molar-refractivity contribution is 7.09. The first-order valence-electron chi connectivity index (χ1n) is 10.2. The maximum atomic E-state index is 9.52. The van der Waals surface area contributed by atoms with Crippen molar-refractivity contribution in [1.82, 2.24) is 25.4 Å². The van der Waals surface area contributed by atoms with Crippen LogP contribution in [0.4, 0.5) is 5.82 Å². The van der Waals surface area contributed by atoms with Crippen LogP contribution in [0.25, 0.3) is 5.69 Å². The first kappa shape index (κ1) is 22.3. The van der Waals surface area contributed by atoms with E-state index < -0.39 is 0 Å². The minimum absolute atomic E-state index is 0.373. The van der Waals surface area contributed by atoms with Gasteiger partial charge in [-0.25, -0.2) is 9.67 Å². The van der Waals surface area contributed by atoms with Crippen molar-refractivity contribution in [1.29, 1.82) is 5.26 Å². The van der Waals surface area contributed by atoms with Crippen molar-refractivity contribution in [3.8, 4) is 11.8 Å². The Labute approximate surface area is 186 Å². The number of rotatable bonds is 8. The maximum Gasteiger partial charge on any atom is 0.191 e. The summed E-state index contributed by atoms with van der Waals surface area (Å²) < 4.78 is 1.63. The summed E-state index contributed by atoms with van der Waals surface area (Å²) in [6, 6.07) is 11.8. The molecule has 0 unspecified atom stereocenters. The van der Waals surface area contributed by atoms with Gasteiger partial charge in [0.25, 0.3) is 0 Å². The second kappa shape index (κ2) is 10.6. The summed E-state index contributed by atoms with van der Waals surface area (Å²) in [5, 5.41) is 23.8. The Morgan fingerprint density at radius 3 is 2.71 bits per heavy atom. The predicted molar refractivity (Wildman–Crippen MR) is 125 cm³/mol. The lowest BCUT2D eigenvalue weighted by molar-refractivity contribution is 0.720.